The van der Waals surface area contributed by atoms with Crippen molar-refractivity contribution in [1.29, 1.82) is 0 Å². The van der Waals surface area contributed by atoms with Crippen molar-refractivity contribution in [2.24, 2.45) is 17.8 Å². The van der Waals surface area contributed by atoms with Gasteiger partial charge in [0.1, 0.15) is 5.69 Å². The average Bonchev–Trinajstić information content (AvgIpc) is 2.56. The summed E-state index contributed by atoms with van der Waals surface area (Å²) in [5.41, 5.74) is 8.92. The molecule has 0 aromatic carbocycles. The first kappa shape index (κ1) is 9.96. The lowest BCUT2D eigenvalue weighted by Crippen LogP contribution is -2.16. The molecule has 15 heavy (non-hydrogen) atoms. The molecular formula is C11H16N4. The number of nitrogens with zero attached hydrogens (tertiary/aromatic N) is 3. The van der Waals surface area contributed by atoms with Gasteiger partial charge in [-0.15, -0.1) is 0 Å². The molecule has 4 nitrogen and oxygen atoms in total. The first-order valence-electron chi connectivity index (χ1n) is 5.20. The number of nitrogens with two attached hydrogens (primary N) is 1. The van der Waals surface area contributed by atoms with E-state index in [0.717, 1.165) is 30.7 Å². The molecular weight excluding hydrogens is 188 g/mol. The van der Waals surface area contributed by atoms with Crippen molar-refractivity contribution in [3.63, 3.8) is 0 Å². The van der Waals surface area contributed by atoms with Gasteiger partial charge in [-0.25, -0.2) is 9.98 Å². The van der Waals surface area contributed by atoms with Crippen LogP contribution in [0.5, 0.6) is 0 Å². The van der Waals surface area contributed by atoms with Crippen molar-refractivity contribution in [2.75, 3.05) is 0 Å². The molecule has 2 rings (SSSR count). The zero-order valence-corrected chi connectivity index (χ0v) is 9.20. The summed E-state index contributed by atoms with van der Waals surface area (Å²) >= 11 is 0. The van der Waals surface area contributed by atoms with E-state index in [4.69, 9.17) is 5.73 Å². The Kier molecular flexibility index (Phi) is 2.58. The van der Waals surface area contributed by atoms with Crippen molar-refractivity contribution in [2.45, 2.75) is 26.2 Å². The molecule has 0 amide bonds. The Morgan fingerprint density at radius 1 is 1.47 bits per heavy atom. The lowest BCUT2D eigenvalue weighted by atomic mass is 10.1. The molecule has 0 spiro atoms. The predicted octanol–water partition coefficient (Wildman–Crippen LogP) is 1.37. The van der Waals surface area contributed by atoms with Gasteiger partial charge in [-0.1, -0.05) is 6.08 Å². The molecule has 2 N–H and O–H groups in total. The molecule has 0 aliphatic carbocycles. The van der Waals surface area contributed by atoms with Crippen LogP contribution in [0.4, 0.5) is 0 Å². The molecule has 0 saturated carbocycles. The summed E-state index contributed by atoms with van der Waals surface area (Å²) in [4.78, 5) is 8.63. The Morgan fingerprint density at radius 2 is 2.27 bits per heavy atom. The van der Waals surface area contributed by atoms with E-state index >= 15 is 0 Å². The lowest BCUT2D eigenvalue weighted by molar-refractivity contribution is 0.754. The van der Waals surface area contributed by atoms with Crippen molar-refractivity contribution < 1.29 is 0 Å². The zero-order valence-electron chi connectivity index (χ0n) is 9.20. The third kappa shape index (κ3) is 1.93. The predicted molar refractivity (Wildman–Crippen MR) is 60.6 cm³/mol. The van der Waals surface area contributed by atoms with E-state index in [1.807, 2.05) is 18.5 Å². The molecule has 0 unspecified atom stereocenters. The number of aryl methyl sites for hydroxylation is 1. The smallest absolute Gasteiger partial charge is 0.151 e. The van der Waals surface area contributed by atoms with Gasteiger partial charge in [-0.3, -0.25) is 0 Å². The van der Waals surface area contributed by atoms with Gasteiger partial charge in [-0.05, 0) is 26.2 Å². The van der Waals surface area contributed by atoms with Gasteiger partial charge in [-0.2, -0.15) is 0 Å². The van der Waals surface area contributed by atoms with Crippen LogP contribution in [0.3, 0.4) is 0 Å². The summed E-state index contributed by atoms with van der Waals surface area (Å²) in [5.74, 6) is 0.529. The second-order valence-corrected chi connectivity index (χ2v) is 3.89. The minimum absolute atomic E-state index is 0.529. The molecule has 1 aliphatic heterocycles. The van der Waals surface area contributed by atoms with E-state index in [9.17, 15) is 0 Å². The van der Waals surface area contributed by atoms with Gasteiger partial charge in [0.15, 0.2) is 5.84 Å². The van der Waals surface area contributed by atoms with Gasteiger partial charge in [0.25, 0.3) is 0 Å². The van der Waals surface area contributed by atoms with E-state index in [1.54, 1.807) is 6.33 Å². The minimum atomic E-state index is 0.529. The molecule has 0 bridgehead atoms. The molecule has 0 atom stereocenters. The average molecular weight is 204 g/mol. The van der Waals surface area contributed by atoms with Gasteiger partial charge in [0.05, 0.1) is 6.33 Å². The number of aromatic nitrogens is 2. The zero-order chi connectivity index (χ0) is 10.8. The second-order valence-electron chi connectivity index (χ2n) is 3.89. The Bertz CT molecular complexity index is 426. The molecule has 2 heterocycles. The molecule has 1 aromatic rings. The highest BCUT2D eigenvalue weighted by Gasteiger charge is 2.13. The maximum atomic E-state index is 5.92. The van der Waals surface area contributed by atoms with Crippen LogP contribution in [0.1, 0.15) is 31.2 Å². The Hall–Kier alpha value is -1.58. The van der Waals surface area contributed by atoms with E-state index < -0.39 is 0 Å². The van der Waals surface area contributed by atoms with Gasteiger partial charge >= 0.3 is 0 Å². The first-order chi connectivity index (χ1) is 7.18. The summed E-state index contributed by atoms with van der Waals surface area (Å²) in [5, 5.41) is 0. The van der Waals surface area contributed by atoms with Crippen LogP contribution in [0, 0.1) is 0 Å². The number of rotatable bonds is 0. The van der Waals surface area contributed by atoms with Crippen LogP contribution in [0.15, 0.2) is 23.1 Å². The standard InChI is InChI=1S/C11H16N4/c1-8-5-3-4-6-9-10(11(12)14-8)13-7-15(9)2/h5,7H,3-4,6H2,1-2H3,(H2,12,14)/b8-5+. The highest BCUT2D eigenvalue weighted by atomic mass is 15.1. The Balaban J connectivity index is 2.49. The van der Waals surface area contributed by atoms with E-state index in [0.29, 0.717) is 5.84 Å². The van der Waals surface area contributed by atoms with Crippen LogP contribution in [-0.4, -0.2) is 15.4 Å². The fraction of sp³-hybridized carbons (Fsp3) is 0.455. The van der Waals surface area contributed by atoms with Crippen molar-refractivity contribution in [3.8, 4) is 0 Å². The maximum absolute atomic E-state index is 5.92. The largest absolute Gasteiger partial charge is 0.382 e. The number of aliphatic imine (C=N–C) groups is 1. The first-order valence-corrected chi connectivity index (χ1v) is 5.20. The number of hydrogen-bond donors (Lipinski definition) is 1. The molecule has 1 aromatic heterocycles. The second kappa shape index (κ2) is 3.88. The summed E-state index contributed by atoms with van der Waals surface area (Å²) in [7, 11) is 2.00. The molecule has 1 aliphatic rings. The lowest BCUT2D eigenvalue weighted by Gasteiger charge is -2.03. The fourth-order valence-corrected chi connectivity index (χ4v) is 1.83. The van der Waals surface area contributed by atoms with Crippen LogP contribution >= 0.6 is 0 Å². The van der Waals surface area contributed by atoms with Crippen LogP contribution < -0.4 is 5.73 Å². The number of hydrogen-bond acceptors (Lipinski definition) is 3. The highest BCUT2D eigenvalue weighted by Crippen LogP contribution is 2.14. The Labute approximate surface area is 89.5 Å². The third-order valence-corrected chi connectivity index (χ3v) is 2.66. The van der Waals surface area contributed by atoms with Gasteiger partial charge in [0, 0.05) is 18.4 Å². The van der Waals surface area contributed by atoms with Crippen LogP contribution in [0.25, 0.3) is 0 Å². The van der Waals surface area contributed by atoms with Crippen LogP contribution in [-0.2, 0) is 13.5 Å². The van der Waals surface area contributed by atoms with Gasteiger partial charge < -0.3 is 10.3 Å². The monoisotopic (exact) mass is 204 g/mol. The third-order valence-electron chi connectivity index (χ3n) is 2.66. The summed E-state index contributed by atoms with van der Waals surface area (Å²) in [6.07, 6.45) is 7.10. The topological polar surface area (TPSA) is 56.2 Å². The fourth-order valence-electron chi connectivity index (χ4n) is 1.83. The van der Waals surface area contributed by atoms with Crippen molar-refractivity contribution in [3.05, 3.63) is 29.5 Å². The molecule has 0 saturated heterocycles. The molecule has 0 radical (unpaired) electrons. The van der Waals surface area contributed by atoms with Gasteiger partial charge in [0.2, 0.25) is 0 Å². The van der Waals surface area contributed by atoms with E-state index in [1.165, 1.54) is 5.69 Å². The number of fused-ring (bicyclic) bond motifs is 1. The summed E-state index contributed by atoms with van der Waals surface area (Å²) in [6.45, 7) is 1.97. The number of amidine groups is 1. The Morgan fingerprint density at radius 3 is 3.07 bits per heavy atom. The molecule has 0 fully saturated rings. The summed E-state index contributed by atoms with van der Waals surface area (Å²) in [6, 6.07) is 0. The van der Waals surface area contributed by atoms with Crippen LogP contribution in [0.2, 0.25) is 0 Å². The van der Waals surface area contributed by atoms with Crippen molar-refractivity contribution >= 4 is 5.84 Å². The minimum Gasteiger partial charge on any atom is -0.382 e. The SMILES string of the molecule is CC1=C\CCCc2c(ncn2C)/C(N)=N\1. The van der Waals surface area contributed by atoms with E-state index in [2.05, 4.69) is 16.1 Å². The highest BCUT2D eigenvalue weighted by molar-refractivity contribution is 5.97. The number of imidazole rings is 1. The maximum Gasteiger partial charge on any atom is 0.151 e. The molecule has 4 heteroatoms. The van der Waals surface area contributed by atoms with Crippen molar-refractivity contribution in [1.82, 2.24) is 9.55 Å². The number of allylic oxidation sites excluding steroid dienone is 2. The quantitative estimate of drug-likeness (QED) is 0.693. The summed E-state index contributed by atoms with van der Waals surface area (Å²) < 4.78 is 2.03. The molecule has 80 valence electrons. The normalized spacial score (nSPS) is 23.9. The van der Waals surface area contributed by atoms with E-state index in [-0.39, 0.29) is 0 Å².